The van der Waals surface area contributed by atoms with Gasteiger partial charge in [0, 0.05) is 0 Å². The third kappa shape index (κ3) is 2.44. The smallest absolute Gasteiger partial charge is 0.129 e. The lowest BCUT2D eigenvalue weighted by Gasteiger charge is -2.15. The number of hydrogen-bond acceptors (Lipinski definition) is 3. The molecule has 4 atom stereocenters. The Morgan fingerprint density at radius 1 is 0.731 bits per heavy atom. The zero-order valence-electron chi connectivity index (χ0n) is 14.6. The van der Waals surface area contributed by atoms with Crippen molar-refractivity contribution in [2.24, 2.45) is 4.99 Å². The van der Waals surface area contributed by atoms with Crippen LogP contribution in [0.5, 0.6) is 5.75 Å². The van der Waals surface area contributed by atoms with Gasteiger partial charge in [0.15, 0.2) is 0 Å². The van der Waals surface area contributed by atoms with Gasteiger partial charge in [-0.15, -0.1) is 0 Å². The van der Waals surface area contributed by atoms with Gasteiger partial charge in [-0.05, 0) is 28.8 Å². The van der Waals surface area contributed by atoms with Crippen molar-refractivity contribution in [3.8, 4) is 5.75 Å². The predicted molar refractivity (Wildman–Crippen MR) is 104 cm³/mol. The van der Waals surface area contributed by atoms with Crippen molar-refractivity contribution in [3.63, 3.8) is 0 Å². The number of aliphatic imine (C=N–C) groups is 1. The Bertz CT molecular complexity index is 935. The first-order valence-corrected chi connectivity index (χ1v) is 8.96. The first-order chi connectivity index (χ1) is 12.9. The van der Waals surface area contributed by atoms with E-state index in [-0.39, 0.29) is 6.17 Å². The summed E-state index contributed by atoms with van der Waals surface area (Å²) in [5, 5.41) is 0. The van der Waals surface area contributed by atoms with Crippen LogP contribution in [0.25, 0.3) is 0 Å². The molecule has 26 heavy (non-hydrogen) atoms. The molecule has 1 saturated heterocycles. The van der Waals surface area contributed by atoms with Gasteiger partial charge >= 0.3 is 0 Å². The summed E-state index contributed by atoms with van der Waals surface area (Å²) in [6.45, 7) is 0. The first-order valence-electron chi connectivity index (χ1n) is 8.96. The van der Waals surface area contributed by atoms with Crippen LogP contribution >= 0.6 is 0 Å². The van der Waals surface area contributed by atoms with Crippen molar-refractivity contribution in [2.45, 2.75) is 18.2 Å². The predicted octanol–water partition coefficient (Wildman–Crippen LogP) is 4.62. The van der Waals surface area contributed by atoms with Gasteiger partial charge in [0.25, 0.3) is 0 Å². The van der Waals surface area contributed by atoms with Crippen LogP contribution in [0.1, 0.15) is 28.9 Å². The van der Waals surface area contributed by atoms with Crippen LogP contribution in [0, 0.1) is 0 Å². The summed E-state index contributed by atoms with van der Waals surface area (Å²) < 4.78 is 5.30. The van der Waals surface area contributed by atoms with E-state index in [1.165, 1.54) is 22.4 Å². The highest BCUT2D eigenvalue weighted by molar-refractivity contribution is 6.08. The van der Waals surface area contributed by atoms with Gasteiger partial charge in [-0.3, -0.25) is 9.89 Å². The van der Waals surface area contributed by atoms with Gasteiger partial charge < -0.3 is 4.74 Å². The maximum atomic E-state index is 5.30. The van der Waals surface area contributed by atoms with Crippen molar-refractivity contribution < 1.29 is 4.74 Å². The highest BCUT2D eigenvalue weighted by Crippen LogP contribution is 2.55. The van der Waals surface area contributed by atoms with Crippen LogP contribution in [-0.4, -0.2) is 23.8 Å². The molecule has 0 aromatic heterocycles. The highest BCUT2D eigenvalue weighted by atomic mass is 16.5. The molecule has 1 fully saturated rings. The number of nitrogens with zero attached hydrogens (tertiary/aromatic N) is 2. The monoisotopic (exact) mass is 340 g/mol. The molecule has 2 aliphatic heterocycles. The Hall–Kier alpha value is -2.91. The van der Waals surface area contributed by atoms with Crippen LogP contribution in [0.4, 0.5) is 0 Å². The zero-order chi connectivity index (χ0) is 17.5. The van der Waals surface area contributed by atoms with E-state index < -0.39 is 0 Å². The lowest BCUT2D eigenvalue weighted by molar-refractivity contribution is 0.400. The molecule has 0 N–H and O–H groups in total. The molecule has 0 bridgehead atoms. The van der Waals surface area contributed by atoms with Gasteiger partial charge in [-0.25, -0.2) is 0 Å². The second kappa shape index (κ2) is 6.11. The molecular formula is C23H20N2O. The number of rotatable bonds is 4. The van der Waals surface area contributed by atoms with E-state index in [0.717, 1.165) is 5.75 Å². The number of benzene rings is 3. The van der Waals surface area contributed by atoms with E-state index in [0.29, 0.717) is 12.1 Å². The maximum Gasteiger partial charge on any atom is 0.129 e. The fourth-order valence-corrected chi connectivity index (χ4v) is 4.00. The third-order valence-corrected chi connectivity index (χ3v) is 5.30. The van der Waals surface area contributed by atoms with Gasteiger partial charge in [0.05, 0.1) is 24.9 Å². The van der Waals surface area contributed by atoms with Crippen molar-refractivity contribution in [1.82, 2.24) is 4.90 Å². The summed E-state index contributed by atoms with van der Waals surface area (Å²) in [6, 6.07) is 30.3. The molecule has 3 aromatic rings. The Balaban J connectivity index is 1.55. The number of ether oxygens (including phenoxy) is 1. The third-order valence-electron chi connectivity index (χ3n) is 5.30. The van der Waals surface area contributed by atoms with Crippen molar-refractivity contribution in [2.75, 3.05) is 7.11 Å². The SMILES string of the molecule is COc1ccc([C@@H]2N=C(c3ccccc3)[C@H]3[C@H](c4ccccc4)N23)cc1. The number of methoxy groups -OCH3 is 1. The van der Waals surface area contributed by atoms with Crippen LogP contribution in [0.15, 0.2) is 89.9 Å². The molecule has 1 unspecified atom stereocenters. The minimum Gasteiger partial charge on any atom is -0.497 e. The fourth-order valence-electron chi connectivity index (χ4n) is 4.00. The van der Waals surface area contributed by atoms with E-state index >= 15 is 0 Å². The highest BCUT2D eigenvalue weighted by Gasteiger charge is 2.59. The minimum atomic E-state index is 0.0614. The molecule has 3 aromatic carbocycles. The molecule has 5 rings (SSSR count). The molecule has 0 amide bonds. The minimum absolute atomic E-state index is 0.0614. The van der Waals surface area contributed by atoms with Crippen LogP contribution in [0.2, 0.25) is 0 Å². The summed E-state index contributed by atoms with van der Waals surface area (Å²) in [4.78, 5) is 7.59. The lowest BCUT2D eigenvalue weighted by atomic mass is 10.0. The van der Waals surface area contributed by atoms with Crippen molar-refractivity contribution in [3.05, 3.63) is 102 Å². The average molecular weight is 340 g/mol. The maximum absolute atomic E-state index is 5.30. The Labute approximate surface area is 153 Å². The second-order valence-corrected chi connectivity index (χ2v) is 6.77. The zero-order valence-corrected chi connectivity index (χ0v) is 14.6. The van der Waals surface area contributed by atoms with E-state index in [4.69, 9.17) is 9.73 Å². The summed E-state index contributed by atoms with van der Waals surface area (Å²) in [5.74, 6) is 0.876. The average Bonchev–Trinajstić information content (AvgIpc) is 3.33. The summed E-state index contributed by atoms with van der Waals surface area (Å²) in [6.07, 6.45) is 0.0614. The largest absolute Gasteiger partial charge is 0.497 e. The molecule has 3 nitrogen and oxygen atoms in total. The number of hydrogen-bond donors (Lipinski definition) is 0. The van der Waals surface area contributed by atoms with Crippen molar-refractivity contribution >= 4 is 5.71 Å². The summed E-state index contributed by atoms with van der Waals surface area (Å²) in [7, 11) is 1.70. The normalized spacial score (nSPS) is 26.1. The van der Waals surface area contributed by atoms with E-state index in [1.54, 1.807) is 7.11 Å². The molecule has 0 aliphatic carbocycles. The van der Waals surface area contributed by atoms with Crippen LogP contribution in [0.3, 0.4) is 0 Å². The van der Waals surface area contributed by atoms with E-state index in [1.807, 2.05) is 12.1 Å². The Kier molecular flexibility index (Phi) is 3.61. The molecule has 0 spiro atoms. The van der Waals surface area contributed by atoms with Crippen molar-refractivity contribution in [1.29, 1.82) is 0 Å². The van der Waals surface area contributed by atoms with Crippen LogP contribution in [-0.2, 0) is 0 Å². The topological polar surface area (TPSA) is 24.6 Å². The first kappa shape index (κ1) is 15.4. The van der Waals surface area contributed by atoms with Gasteiger partial charge in [-0.2, -0.15) is 0 Å². The quantitative estimate of drug-likeness (QED) is 0.647. The molecule has 2 heterocycles. The Morgan fingerprint density at radius 3 is 2.04 bits per heavy atom. The second-order valence-electron chi connectivity index (χ2n) is 6.77. The molecule has 3 heteroatoms. The molecular weight excluding hydrogens is 320 g/mol. The van der Waals surface area contributed by atoms with Crippen LogP contribution < -0.4 is 4.74 Å². The van der Waals surface area contributed by atoms with Gasteiger partial charge in [0.2, 0.25) is 0 Å². The van der Waals surface area contributed by atoms with Gasteiger partial charge in [-0.1, -0.05) is 72.8 Å². The molecule has 2 aliphatic rings. The standard InChI is InChI=1S/C23H20N2O/c1-26-19-14-12-18(13-15-19)23-24-20(16-8-4-2-5-9-16)22-21(25(22)23)17-10-6-3-7-11-17/h2-15,21-23H,1H3/t21-,22-,23+,25?/m0/s1. The molecule has 0 saturated carbocycles. The summed E-state index contributed by atoms with van der Waals surface area (Å²) >= 11 is 0. The van der Waals surface area contributed by atoms with Gasteiger partial charge in [0.1, 0.15) is 11.9 Å². The molecule has 128 valence electrons. The van der Waals surface area contributed by atoms with E-state index in [2.05, 4.69) is 77.7 Å². The summed E-state index contributed by atoms with van der Waals surface area (Å²) in [5.41, 5.74) is 4.98. The lowest BCUT2D eigenvalue weighted by Crippen LogP contribution is -2.08. The number of fused-ring (bicyclic) bond motifs is 1. The molecule has 0 radical (unpaired) electrons. The van der Waals surface area contributed by atoms with E-state index in [9.17, 15) is 0 Å². The fraction of sp³-hybridized carbons (Fsp3) is 0.174. The Morgan fingerprint density at radius 2 is 1.38 bits per heavy atom.